The van der Waals surface area contributed by atoms with E-state index in [9.17, 15) is 0 Å². The SMILES string of the molecule is CN(C)C(C)(C)CNc1ccc(N)c2cccnc12. The van der Waals surface area contributed by atoms with Gasteiger partial charge in [-0.2, -0.15) is 0 Å². The van der Waals surface area contributed by atoms with E-state index in [1.54, 1.807) is 6.20 Å². The number of aromatic nitrogens is 1. The number of anilines is 2. The maximum absolute atomic E-state index is 5.98. The highest BCUT2D eigenvalue weighted by Gasteiger charge is 2.20. The molecule has 3 N–H and O–H groups in total. The minimum Gasteiger partial charge on any atom is -0.398 e. The molecule has 0 bridgehead atoms. The fraction of sp³-hybridized carbons (Fsp3) is 0.400. The molecule has 0 atom stereocenters. The first-order valence-corrected chi connectivity index (χ1v) is 6.46. The summed E-state index contributed by atoms with van der Waals surface area (Å²) in [7, 11) is 4.17. The topological polar surface area (TPSA) is 54.2 Å². The van der Waals surface area contributed by atoms with Gasteiger partial charge in [-0.25, -0.2) is 0 Å². The quantitative estimate of drug-likeness (QED) is 0.828. The average Bonchev–Trinajstić information content (AvgIpc) is 2.38. The lowest BCUT2D eigenvalue weighted by Crippen LogP contribution is -2.44. The minimum atomic E-state index is 0.0719. The first-order chi connectivity index (χ1) is 8.92. The molecule has 0 aliphatic heterocycles. The van der Waals surface area contributed by atoms with Crippen LogP contribution < -0.4 is 11.1 Å². The molecule has 0 saturated heterocycles. The summed E-state index contributed by atoms with van der Waals surface area (Å²) in [5.41, 5.74) is 8.77. The molecule has 0 unspecified atom stereocenters. The highest BCUT2D eigenvalue weighted by Crippen LogP contribution is 2.26. The Labute approximate surface area is 114 Å². The summed E-state index contributed by atoms with van der Waals surface area (Å²) in [6, 6.07) is 7.83. The number of nitrogen functional groups attached to an aromatic ring is 1. The van der Waals surface area contributed by atoms with Gasteiger partial charge in [0.1, 0.15) is 0 Å². The summed E-state index contributed by atoms with van der Waals surface area (Å²) in [5, 5.41) is 4.47. The Balaban J connectivity index is 2.29. The van der Waals surface area contributed by atoms with Crippen LogP contribution in [0.25, 0.3) is 10.9 Å². The average molecular weight is 258 g/mol. The molecule has 4 nitrogen and oxygen atoms in total. The van der Waals surface area contributed by atoms with E-state index in [-0.39, 0.29) is 5.54 Å². The van der Waals surface area contributed by atoms with E-state index in [0.29, 0.717) is 0 Å². The molecule has 0 saturated carbocycles. The number of nitrogens with one attached hydrogen (secondary N) is 1. The highest BCUT2D eigenvalue weighted by atomic mass is 15.2. The first-order valence-electron chi connectivity index (χ1n) is 6.46. The number of nitrogens with zero attached hydrogens (tertiary/aromatic N) is 2. The second-order valence-electron chi connectivity index (χ2n) is 5.66. The third-order valence-electron chi connectivity index (χ3n) is 3.73. The number of nitrogens with two attached hydrogens (primary N) is 1. The van der Waals surface area contributed by atoms with Crippen molar-refractivity contribution in [1.29, 1.82) is 0 Å². The zero-order valence-electron chi connectivity index (χ0n) is 12.1. The second-order valence-corrected chi connectivity index (χ2v) is 5.66. The van der Waals surface area contributed by atoms with Crippen molar-refractivity contribution in [2.45, 2.75) is 19.4 Å². The van der Waals surface area contributed by atoms with Gasteiger partial charge in [0.25, 0.3) is 0 Å². The largest absolute Gasteiger partial charge is 0.398 e. The van der Waals surface area contributed by atoms with Gasteiger partial charge in [-0.05, 0) is 52.2 Å². The normalized spacial score (nSPS) is 12.1. The predicted molar refractivity (Wildman–Crippen MR) is 82.4 cm³/mol. The highest BCUT2D eigenvalue weighted by molar-refractivity contribution is 5.98. The van der Waals surface area contributed by atoms with Crippen LogP contribution in [-0.4, -0.2) is 36.1 Å². The van der Waals surface area contributed by atoms with Gasteiger partial charge in [0.2, 0.25) is 0 Å². The molecule has 0 radical (unpaired) electrons. The van der Waals surface area contributed by atoms with E-state index in [4.69, 9.17) is 5.73 Å². The molecule has 4 heteroatoms. The van der Waals surface area contributed by atoms with Crippen LogP contribution in [0.5, 0.6) is 0 Å². The summed E-state index contributed by atoms with van der Waals surface area (Å²) < 4.78 is 0. The number of likely N-dealkylation sites (N-methyl/N-ethyl adjacent to an activating group) is 1. The van der Waals surface area contributed by atoms with Crippen LogP contribution in [0.4, 0.5) is 11.4 Å². The van der Waals surface area contributed by atoms with Crippen molar-refractivity contribution in [3.05, 3.63) is 30.5 Å². The van der Waals surface area contributed by atoms with Crippen LogP contribution in [0.2, 0.25) is 0 Å². The zero-order chi connectivity index (χ0) is 14.0. The number of rotatable bonds is 4. The van der Waals surface area contributed by atoms with Crippen molar-refractivity contribution in [3.8, 4) is 0 Å². The number of hydrogen-bond donors (Lipinski definition) is 2. The molecule has 1 heterocycles. The molecule has 2 aromatic rings. The first kappa shape index (κ1) is 13.6. The van der Waals surface area contributed by atoms with Gasteiger partial charge >= 0.3 is 0 Å². The second kappa shape index (κ2) is 5.05. The Bertz CT molecular complexity index is 575. The van der Waals surface area contributed by atoms with Crippen molar-refractivity contribution in [2.24, 2.45) is 0 Å². The fourth-order valence-electron chi connectivity index (χ4n) is 1.81. The Kier molecular flexibility index (Phi) is 3.62. The molecule has 102 valence electrons. The maximum Gasteiger partial charge on any atom is 0.0953 e. The molecule has 1 aromatic carbocycles. The minimum absolute atomic E-state index is 0.0719. The van der Waals surface area contributed by atoms with Crippen LogP contribution >= 0.6 is 0 Å². The molecule has 19 heavy (non-hydrogen) atoms. The van der Waals surface area contributed by atoms with E-state index in [2.05, 4.69) is 43.1 Å². The van der Waals surface area contributed by atoms with Crippen molar-refractivity contribution in [2.75, 3.05) is 31.7 Å². The van der Waals surface area contributed by atoms with Crippen LogP contribution in [0.15, 0.2) is 30.5 Å². The lowest BCUT2D eigenvalue weighted by Gasteiger charge is -2.33. The Morgan fingerprint density at radius 3 is 2.68 bits per heavy atom. The third kappa shape index (κ3) is 2.79. The van der Waals surface area contributed by atoms with Crippen molar-refractivity contribution in [3.63, 3.8) is 0 Å². The maximum atomic E-state index is 5.98. The number of fused-ring (bicyclic) bond motifs is 1. The van der Waals surface area contributed by atoms with Crippen LogP contribution in [0, 0.1) is 0 Å². The van der Waals surface area contributed by atoms with Gasteiger partial charge in [-0.3, -0.25) is 4.98 Å². The van der Waals surface area contributed by atoms with Gasteiger partial charge in [0.05, 0.1) is 11.2 Å². The van der Waals surface area contributed by atoms with E-state index in [1.165, 1.54) is 0 Å². The molecule has 0 aliphatic carbocycles. The van der Waals surface area contributed by atoms with Crippen LogP contribution in [-0.2, 0) is 0 Å². The molecular formula is C15H22N4. The predicted octanol–water partition coefficient (Wildman–Crippen LogP) is 2.57. The van der Waals surface area contributed by atoms with Gasteiger partial charge in [0.15, 0.2) is 0 Å². The van der Waals surface area contributed by atoms with Gasteiger partial charge in [-0.15, -0.1) is 0 Å². The summed E-state index contributed by atoms with van der Waals surface area (Å²) in [5.74, 6) is 0. The van der Waals surface area contributed by atoms with E-state index >= 15 is 0 Å². The van der Waals surface area contributed by atoms with E-state index in [0.717, 1.165) is 28.8 Å². The summed E-state index contributed by atoms with van der Waals surface area (Å²) in [6.45, 7) is 5.25. The fourth-order valence-corrected chi connectivity index (χ4v) is 1.81. The van der Waals surface area contributed by atoms with Gasteiger partial charge < -0.3 is 16.0 Å². The van der Waals surface area contributed by atoms with E-state index < -0.39 is 0 Å². The van der Waals surface area contributed by atoms with Crippen LogP contribution in [0.3, 0.4) is 0 Å². The lowest BCUT2D eigenvalue weighted by atomic mass is 10.0. The standard InChI is InChI=1S/C15H22N4/c1-15(2,19(3)4)10-18-13-8-7-12(16)11-6-5-9-17-14(11)13/h5-9,18H,10,16H2,1-4H3. The summed E-state index contributed by atoms with van der Waals surface area (Å²) in [6.07, 6.45) is 1.80. The molecule has 0 aliphatic rings. The van der Waals surface area contributed by atoms with Crippen molar-refractivity contribution >= 4 is 22.3 Å². The zero-order valence-corrected chi connectivity index (χ0v) is 12.1. The van der Waals surface area contributed by atoms with Gasteiger partial charge in [-0.1, -0.05) is 0 Å². The molecule has 2 rings (SSSR count). The third-order valence-corrected chi connectivity index (χ3v) is 3.73. The summed E-state index contributed by atoms with van der Waals surface area (Å²) in [4.78, 5) is 6.63. The Morgan fingerprint density at radius 2 is 2.00 bits per heavy atom. The monoisotopic (exact) mass is 258 g/mol. The lowest BCUT2D eigenvalue weighted by molar-refractivity contribution is 0.210. The van der Waals surface area contributed by atoms with E-state index in [1.807, 2.05) is 24.3 Å². The molecule has 0 spiro atoms. The molecule has 0 fully saturated rings. The number of hydrogen-bond acceptors (Lipinski definition) is 4. The smallest absolute Gasteiger partial charge is 0.0953 e. The van der Waals surface area contributed by atoms with Crippen LogP contribution in [0.1, 0.15) is 13.8 Å². The molecule has 1 aromatic heterocycles. The number of pyridine rings is 1. The van der Waals surface area contributed by atoms with Crippen molar-refractivity contribution < 1.29 is 0 Å². The Hall–Kier alpha value is -1.81. The molecular weight excluding hydrogens is 236 g/mol. The van der Waals surface area contributed by atoms with Crippen molar-refractivity contribution in [1.82, 2.24) is 9.88 Å². The molecule has 0 amide bonds. The Morgan fingerprint density at radius 1 is 1.26 bits per heavy atom. The summed E-state index contributed by atoms with van der Waals surface area (Å²) >= 11 is 0. The number of benzene rings is 1. The van der Waals surface area contributed by atoms with Gasteiger partial charge in [0, 0.05) is 29.4 Å².